The van der Waals surface area contributed by atoms with E-state index in [1.165, 1.54) is 0 Å². The van der Waals surface area contributed by atoms with Crippen molar-refractivity contribution in [2.75, 3.05) is 36.5 Å². The number of hydrogen-bond acceptors (Lipinski definition) is 7. The number of benzene rings is 1. The molecular formula is C20H20ClN7O2. The summed E-state index contributed by atoms with van der Waals surface area (Å²) in [6.45, 7) is 4.78. The topological polar surface area (TPSA) is 104 Å². The Morgan fingerprint density at radius 2 is 2.03 bits per heavy atom. The molecule has 4 aromatic rings. The van der Waals surface area contributed by atoms with Gasteiger partial charge >= 0.3 is 6.01 Å². The maximum Gasteiger partial charge on any atom is 0.325 e. The van der Waals surface area contributed by atoms with Crippen LogP contribution in [0.25, 0.3) is 10.9 Å². The standard InChI is InChI=1S/C20H20ClN7O2/c1-12-10-13-14(23-12)2-3-15(19(13)21)30-20-25-17(24-16-4-5-22-27-16)11-18(26-20)28-6-8-29-9-7-28/h2-5,10-11,23H,6-9H2,1H3,(H2,22,24,25,26,27). The second kappa shape index (κ2) is 7.85. The fourth-order valence-electron chi connectivity index (χ4n) is 3.41. The van der Waals surface area contributed by atoms with Crippen molar-refractivity contribution in [3.8, 4) is 11.8 Å². The highest BCUT2D eigenvalue weighted by molar-refractivity contribution is 6.37. The number of rotatable bonds is 5. The maximum atomic E-state index is 6.59. The van der Waals surface area contributed by atoms with E-state index in [1.54, 1.807) is 6.20 Å². The number of aromatic nitrogens is 5. The van der Waals surface area contributed by atoms with Crippen LogP contribution in [0.5, 0.6) is 11.8 Å². The van der Waals surface area contributed by atoms with Crippen molar-refractivity contribution in [1.29, 1.82) is 0 Å². The Morgan fingerprint density at radius 1 is 1.17 bits per heavy atom. The molecule has 154 valence electrons. The number of anilines is 3. The number of halogens is 1. The minimum Gasteiger partial charge on any atom is -0.423 e. The summed E-state index contributed by atoms with van der Waals surface area (Å²) in [5.41, 5.74) is 1.98. The zero-order valence-electron chi connectivity index (χ0n) is 16.3. The molecule has 4 heterocycles. The van der Waals surface area contributed by atoms with E-state index < -0.39 is 0 Å². The minimum absolute atomic E-state index is 0.203. The average molecular weight is 426 g/mol. The molecule has 1 aliphatic heterocycles. The lowest BCUT2D eigenvalue weighted by molar-refractivity contribution is 0.122. The quantitative estimate of drug-likeness (QED) is 0.443. The number of H-pyrrole nitrogens is 2. The molecule has 1 aliphatic rings. The minimum atomic E-state index is 0.203. The summed E-state index contributed by atoms with van der Waals surface area (Å²) in [6.07, 6.45) is 1.66. The maximum absolute atomic E-state index is 6.59. The fourth-order valence-corrected chi connectivity index (χ4v) is 3.66. The van der Waals surface area contributed by atoms with E-state index in [0.29, 0.717) is 29.8 Å². The lowest BCUT2D eigenvalue weighted by atomic mass is 10.2. The molecule has 10 heteroatoms. The molecule has 3 aromatic heterocycles. The van der Waals surface area contributed by atoms with Crippen LogP contribution in [-0.2, 0) is 4.74 Å². The molecule has 1 saturated heterocycles. The van der Waals surface area contributed by atoms with Crippen LogP contribution in [-0.4, -0.2) is 51.5 Å². The molecule has 5 rings (SSSR count). The Hall–Kier alpha value is -3.30. The molecule has 0 bridgehead atoms. The third-order valence-electron chi connectivity index (χ3n) is 4.83. The van der Waals surface area contributed by atoms with Gasteiger partial charge in [0.2, 0.25) is 0 Å². The van der Waals surface area contributed by atoms with Gasteiger partial charge in [0, 0.05) is 41.8 Å². The second-order valence-electron chi connectivity index (χ2n) is 6.98. The van der Waals surface area contributed by atoms with Crippen LogP contribution in [0.4, 0.5) is 17.5 Å². The monoisotopic (exact) mass is 425 g/mol. The van der Waals surface area contributed by atoms with E-state index in [0.717, 1.165) is 41.3 Å². The number of nitrogens with zero attached hydrogens (tertiary/aromatic N) is 4. The van der Waals surface area contributed by atoms with Crippen LogP contribution >= 0.6 is 11.6 Å². The molecule has 0 unspecified atom stereocenters. The predicted molar refractivity (Wildman–Crippen MR) is 115 cm³/mol. The van der Waals surface area contributed by atoms with Crippen molar-refractivity contribution in [2.24, 2.45) is 0 Å². The summed E-state index contributed by atoms with van der Waals surface area (Å²) >= 11 is 6.59. The summed E-state index contributed by atoms with van der Waals surface area (Å²) in [4.78, 5) is 14.5. The van der Waals surface area contributed by atoms with E-state index in [2.05, 4.69) is 35.4 Å². The van der Waals surface area contributed by atoms with Gasteiger partial charge in [0.05, 0.1) is 24.4 Å². The average Bonchev–Trinajstić information content (AvgIpc) is 3.40. The van der Waals surface area contributed by atoms with Gasteiger partial charge in [0.15, 0.2) is 0 Å². The van der Waals surface area contributed by atoms with Gasteiger partial charge in [-0.15, -0.1) is 0 Å². The van der Waals surface area contributed by atoms with E-state index in [9.17, 15) is 0 Å². The Morgan fingerprint density at radius 3 is 2.83 bits per heavy atom. The number of aromatic amines is 2. The molecule has 0 aliphatic carbocycles. The molecular weight excluding hydrogens is 406 g/mol. The largest absolute Gasteiger partial charge is 0.423 e. The van der Waals surface area contributed by atoms with Crippen molar-refractivity contribution in [2.45, 2.75) is 6.92 Å². The van der Waals surface area contributed by atoms with Crippen LogP contribution in [0.1, 0.15) is 5.69 Å². The number of aryl methyl sites for hydroxylation is 1. The molecule has 1 aromatic carbocycles. The van der Waals surface area contributed by atoms with Gasteiger partial charge in [-0.05, 0) is 25.1 Å². The Kier molecular flexibility index (Phi) is 4.89. The molecule has 0 spiro atoms. The third kappa shape index (κ3) is 3.77. The molecule has 0 atom stereocenters. The first kappa shape index (κ1) is 18.7. The first-order valence-electron chi connectivity index (χ1n) is 9.59. The molecule has 0 radical (unpaired) electrons. The van der Waals surface area contributed by atoms with Crippen molar-refractivity contribution < 1.29 is 9.47 Å². The number of ether oxygens (including phenoxy) is 2. The zero-order chi connectivity index (χ0) is 20.5. The Balaban J connectivity index is 1.50. The van der Waals surface area contributed by atoms with Crippen molar-refractivity contribution in [1.82, 2.24) is 25.1 Å². The molecule has 9 nitrogen and oxygen atoms in total. The van der Waals surface area contributed by atoms with Crippen molar-refractivity contribution in [3.63, 3.8) is 0 Å². The second-order valence-corrected chi connectivity index (χ2v) is 7.36. The molecule has 1 fully saturated rings. The lowest BCUT2D eigenvalue weighted by Gasteiger charge is -2.28. The van der Waals surface area contributed by atoms with Gasteiger partial charge in [-0.3, -0.25) is 5.10 Å². The highest BCUT2D eigenvalue weighted by Gasteiger charge is 2.17. The lowest BCUT2D eigenvalue weighted by Crippen LogP contribution is -2.36. The summed E-state index contributed by atoms with van der Waals surface area (Å²) < 4.78 is 11.5. The van der Waals surface area contributed by atoms with Gasteiger partial charge in [-0.2, -0.15) is 15.1 Å². The van der Waals surface area contributed by atoms with Crippen LogP contribution in [0.3, 0.4) is 0 Å². The van der Waals surface area contributed by atoms with E-state index in [4.69, 9.17) is 21.1 Å². The Bertz CT molecular complexity index is 1170. The van der Waals surface area contributed by atoms with Crippen molar-refractivity contribution >= 4 is 40.0 Å². The SMILES string of the molecule is Cc1cc2c(Cl)c(Oc3nc(Nc4ccn[nH]4)cc(N4CCOCC4)n3)ccc2[nH]1. The van der Waals surface area contributed by atoms with Gasteiger partial charge in [-0.1, -0.05) is 11.6 Å². The first-order valence-corrected chi connectivity index (χ1v) is 9.97. The highest BCUT2D eigenvalue weighted by atomic mass is 35.5. The predicted octanol–water partition coefficient (Wildman–Crippen LogP) is 4.02. The first-order chi connectivity index (χ1) is 14.7. The third-order valence-corrected chi connectivity index (χ3v) is 5.22. The van der Waals surface area contributed by atoms with Crippen LogP contribution in [0.2, 0.25) is 5.02 Å². The number of nitrogens with one attached hydrogen (secondary N) is 3. The molecule has 30 heavy (non-hydrogen) atoms. The van der Waals surface area contributed by atoms with Gasteiger partial charge in [0.25, 0.3) is 0 Å². The summed E-state index contributed by atoms with van der Waals surface area (Å²) in [5.74, 6) is 2.55. The Labute approximate surface area is 177 Å². The molecule has 3 N–H and O–H groups in total. The fraction of sp³-hybridized carbons (Fsp3) is 0.250. The smallest absolute Gasteiger partial charge is 0.325 e. The summed E-state index contributed by atoms with van der Waals surface area (Å²) in [7, 11) is 0. The van der Waals surface area contributed by atoms with Gasteiger partial charge in [-0.25, -0.2) is 0 Å². The molecule has 0 amide bonds. The number of fused-ring (bicyclic) bond motifs is 1. The highest BCUT2D eigenvalue weighted by Crippen LogP contribution is 2.36. The van der Waals surface area contributed by atoms with E-state index in [-0.39, 0.29) is 6.01 Å². The summed E-state index contributed by atoms with van der Waals surface area (Å²) in [6, 6.07) is 9.62. The van der Waals surface area contributed by atoms with Crippen LogP contribution < -0.4 is 15.0 Å². The van der Waals surface area contributed by atoms with Crippen LogP contribution in [0, 0.1) is 6.92 Å². The van der Waals surface area contributed by atoms with E-state index in [1.807, 2.05) is 37.3 Å². The van der Waals surface area contributed by atoms with Gasteiger partial charge < -0.3 is 24.7 Å². The van der Waals surface area contributed by atoms with Gasteiger partial charge in [0.1, 0.15) is 23.2 Å². The zero-order valence-corrected chi connectivity index (χ0v) is 17.0. The summed E-state index contributed by atoms with van der Waals surface area (Å²) in [5, 5.41) is 11.4. The molecule has 0 saturated carbocycles. The number of morpholine rings is 1. The van der Waals surface area contributed by atoms with Crippen LogP contribution in [0.15, 0.2) is 36.5 Å². The van der Waals surface area contributed by atoms with E-state index >= 15 is 0 Å². The van der Waals surface area contributed by atoms with Crippen molar-refractivity contribution in [3.05, 3.63) is 47.2 Å². The number of hydrogen-bond donors (Lipinski definition) is 3. The normalized spacial score (nSPS) is 14.3.